The van der Waals surface area contributed by atoms with Gasteiger partial charge in [-0.15, -0.1) is 0 Å². The van der Waals surface area contributed by atoms with E-state index in [0.717, 1.165) is 11.6 Å². The summed E-state index contributed by atoms with van der Waals surface area (Å²) in [5.74, 6) is -0.882. The molecule has 1 aromatic heterocycles. The highest BCUT2D eigenvalue weighted by molar-refractivity contribution is 5.93. The number of hydrogen-bond acceptors (Lipinski definition) is 4. The zero-order chi connectivity index (χ0) is 21.8. The Morgan fingerprint density at radius 1 is 1.10 bits per heavy atom. The van der Waals surface area contributed by atoms with Gasteiger partial charge in [-0.2, -0.15) is 0 Å². The van der Waals surface area contributed by atoms with Gasteiger partial charge in [0.05, 0.1) is 17.2 Å². The van der Waals surface area contributed by atoms with Crippen LogP contribution in [0.3, 0.4) is 0 Å². The van der Waals surface area contributed by atoms with E-state index in [0.29, 0.717) is 24.2 Å². The fraction of sp³-hybridized carbons (Fsp3) is 0.273. The lowest BCUT2D eigenvalue weighted by Crippen LogP contribution is -2.36. The maximum Gasteiger partial charge on any atom is 0.261 e. The molecule has 7 nitrogen and oxygen atoms in total. The first-order chi connectivity index (χ1) is 14.3. The minimum Gasteiger partial charge on any atom is -0.345 e. The molecule has 0 aliphatic carbocycles. The molecule has 0 bridgehead atoms. The van der Waals surface area contributed by atoms with Gasteiger partial charge in [-0.3, -0.25) is 19.0 Å². The van der Waals surface area contributed by atoms with Crippen LogP contribution >= 0.6 is 0 Å². The van der Waals surface area contributed by atoms with Crippen LogP contribution in [-0.4, -0.2) is 51.8 Å². The van der Waals surface area contributed by atoms with E-state index in [1.165, 1.54) is 27.9 Å². The summed E-state index contributed by atoms with van der Waals surface area (Å²) >= 11 is 0. The van der Waals surface area contributed by atoms with Gasteiger partial charge in [-0.25, -0.2) is 9.37 Å². The van der Waals surface area contributed by atoms with Crippen LogP contribution in [-0.2, 0) is 17.9 Å². The third-order valence-electron chi connectivity index (χ3n) is 4.81. The standard InChI is InChI=1S/C22H23FN4O3/c1-4-26(12-15-5-7-16(8-6-15)21(29)25(2)3)20(28)13-27-14-24-19-10-9-17(23)11-18(19)22(27)30/h5-11,14H,4,12-13H2,1-3H3. The summed E-state index contributed by atoms with van der Waals surface area (Å²) < 4.78 is 14.7. The minimum absolute atomic E-state index is 0.0930. The topological polar surface area (TPSA) is 75.5 Å². The van der Waals surface area contributed by atoms with E-state index in [1.54, 1.807) is 43.3 Å². The molecular weight excluding hydrogens is 387 g/mol. The van der Waals surface area contributed by atoms with Crippen molar-refractivity contribution in [1.82, 2.24) is 19.4 Å². The van der Waals surface area contributed by atoms with Crippen molar-refractivity contribution in [3.63, 3.8) is 0 Å². The molecule has 0 N–H and O–H groups in total. The Morgan fingerprint density at radius 3 is 2.43 bits per heavy atom. The van der Waals surface area contributed by atoms with E-state index < -0.39 is 11.4 Å². The fourth-order valence-corrected chi connectivity index (χ4v) is 3.10. The van der Waals surface area contributed by atoms with E-state index in [-0.39, 0.29) is 23.7 Å². The molecule has 0 aliphatic heterocycles. The molecule has 0 unspecified atom stereocenters. The normalized spacial score (nSPS) is 10.8. The zero-order valence-electron chi connectivity index (χ0n) is 17.1. The van der Waals surface area contributed by atoms with Gasteiger partial charge in [0.25, 0.3) is 11.5 Å². The molecule has 2 aromatic carbocycles. The van der Waals surface area contributed by atoms with Gasteiger partial charge < -0.3 is 9.80 Å². The summed E-state index contributed by atoms with van der Waals surface area (Å²) in [5.41, 5.74) is 1.35. The van der Waals surface area contributed by atoms with Gasteiger partial charge >= 0.3 is 0 Å². The molecule has 0 radical (unpaired) electrons. The molecule has 0 saturated heterocycles. The fourth-order valence-electron chi connectivity index (χ4n) is 3.10. The Labute approximate surface area is 173 Å². The summed E-state index contributed by atoms with van der Waals surface area (Å²) in [6.45, 7) is 2.44. The van der Waals surface area contributed by atoms with Crippen LogP contribution < -0.4 is 5.56 Å². The maximum atomic E-state index is 13.5. The Hall–Kier alpha value is -3.55. The number of carbonyl (C=O) groups is 2. The van der Waals surface area contributed by atoms with Crippen molar-refractivity contribution in [2.24, 2.45) is 0 Å². The number of rotatable bonds is 6. The highest BCUT2D eigenvalue weighted by atomic mass is 19.1. The van der Waals surface area contributed by atoms with Crippen molar-refractivity contribution in [3.05, 3.63) is 76.1 Å². The second-order valence-corrected chi connectivity index (χ2v) is 7.14. The second kappa shape index (κ2) is 8.86. The Kier molecular flexibility index (Phi) is 6.25. The van der Waals surface area contributed by atoms with Crippen molar-refractivity contribution in [3.8, 4) is 0 Å². The molecule has 0 fully saturated rings. The van der Waals surface area contributed by atoms with Crippen molar-refractivity contribution < 1.29 is 14.0 Å². The average molecular weight is 410 g/mol. The van der Waals surface area contributed by atoms with Crippen LogP contribution in [0, 0.1) is 5.82 Å². The molecule has 0 spiro atoms. The molecule has 30 heavy (non-hydrogen) atoms. The number of nitrogens with zero attached hydrogens (tertiary/aromatic N) is 4. The number of likely N-dealkylation sites (N-methyl/N-ethyl adjacent to an activating group) is 1. The lowest BCUT2D eigenvalue weighted by atomic mass is 10.1. The number of amides is 2. The van der Waals surface area contributed by atoms with Gasteiger partial charge in [0.2, 0.25) is 5.91 Å². The van der Waals surface area contributed by atoms with Gasteiger partial charge in [-0.05, 0) is 42.8 Å². The van der Waals surface area contributed by atoms with Gasteiger partial charge in [0, 0.05) is 32.7 Å². The molecule has 0 atom stereocenters. The zero-order valence-corrected chi connectivity index (χ0v) is 17.1. The lowest BCUT2D eigenvalue weighted by Gasteiger charge is -2.22. The molecule has 0 aliphatic rings. The SMILES string of the molecule is CCN(Cc1ccc(C(=O)N(C)C)cc1)C(=O)Cn1cnc2ccc(F)cc2c1=O. The quantitative estimate of drug-likeness (QED) is 0.625. The summed E-state index contributed by atoms with van der Waals surface area (Å²) in [7, 11) is 3.37. The summed E-state index contributed by atoms with van der Waals surface area (Å²) in [5, 5.41) is 0.134. The van der Waals surface area contributed by atoms with Crippen LogP contribution in [0.5, 0.6) is 0 Å². The van der Waals surface area contributed by atoms with Gasteiger partial charge in [0.15, 0.2) is 0 Å². The number of hydrogen-bond donors (Lipinski definition) is 0. The van der Waals surface area contributed by atoms with E-state index in [1.807, 2.05) is 6.92 Å². The highest BCUT2D eigenvalue weighted by Gasteiger charge is 2.16. The third-order valence-corrected chi connectivity index (χ3v) is 4.81. The third kappa shape index (κ3) is 4.53. The number of fused-ring (bicyclic) bond motifs is 1. The number of benzene rings is 2. The Balaban J connectivity index is 1.75. The monoisotopic (exact) mass is 410 g/mol. The van der Waals surface area contributed by atoms with Gasteiger partial charge in [0.1, 0.15) is 12.4 Å². The molecular formula is C22H23FN4O3. The highest BCUT2D eigenvalue weighted by Crippen LogP contribution is 2.11. The number of aromatic nitrogens is 2. The van der Waals surface area contributed by atoms with E-state index in [4.69, 9.17) is 0 Å². The number of halogens is 1. The van der Waals surface area contributed by atoms with E-state index in [9.17, 15) is 18.8 Å². The van der Waals surface area contributed by atoms with Crippen molar-refractivity contribution in [2.45, 2.75) is 20.0 Å². The van der Waals surface area contributed by atoms with Crippen LogP contribution in [0.4, 0.5) is 4.39 Å². The predicted molar refractivity (Wildman–Crippen MR) is 112 cm³/mol. The van der Waals surface area contributed by atoms with E-state index >= 15 is 0 Å². The first kappa shape index (κ1) is 21.2. The largest absolute Gasteiger partial charge is 0.345 e. The van der Waals surface area contributed by atoms with Crippen LogP contribution in [0.25, 0.3) is 10.9 Å². The summed E-state index contributed by atoms with van der Waals surface area (Å²) in [6.07, 6.45) is 1.30. The smallest absolute Gasteiger partial charge is 0.261 e. The predicted octanol–water partition coefficient (Wildman–Crippen LogP) is 2.29. The van der Waals surface area contributed by atoms with Crippen molar-refractivity contribution in [1.29, 1.82) is 0 Å². The molecule has 2 amide bonds. The van der Waals surface area contributed by atoms with Crippen molar-refractivity contribution in [2.75, 3.05) is 20.6 Å². The summed E-state index contributed by atoms with van der Waals surface area (Å²) in [6, 6.07) is 10.9. The average Bonchev–Trinajstić information content (AvgIpc) is 2.74. The first-order valence-electron chi connectivity index (χ1n) is 9.53. The number of carbonyl (C=O) groups excluding carboxylic acids is 2. The molecule has 1 heterocycles. The molecule has 3 rings (SSSR count). The molecule has 0 saturated carbocycles. The van der Waals surface area contributed by atoms with Crippen LogP contribution in [0.15, 0.2) is 53.6 Å². The first-order valence-corrected chi connectivity index (χ1v) is 9.53. The molecule has 156 valence electrons. The molecule has 8 heteroatoms. The minimum atomic E-state index is -0.531. The lowest BCUT2D eigenvalue weighted by molar-refractivity contribution is -0.132. The Morgan fingerprint density at radius 2 is 1.80 bits per heavy atom. The van der Waals surface area contributed by atoms with E-state index in [2.05, 4.69) is 4.98 Å². The van der Waals surface area contributed by atoms with Crippen LogP contribution in [0.1, 0.15) is 22.8 Å². The van der Waals surface area contributed by atoms with Crippen LogP contribution in [0.2, 0.25) is 0 Å². The molecule has 3 aromatic rings. The summed E-state index contributed by atoms with van der Waals surface area (Å²) in [4.78, 5) is 44.6. The van der Waals surface area contributed by atoms with Gasteiger partial charge in [-0.1, -0.05) is 12.1 Å². The van der Waals surface area contributed by atoms with Crippen molar-refractivity contribution >= 4 is 22.7 Å². The maximum absolute atomic E-state index is 13.5. The second-order valence-electron chi connectivity index (χ2n) is 7.14. The Bertz CT molecular complexity index is 1140.